The number of thiophene rings is 1. The number of likely N-dealkylation sites (tertiary alicyclic amines) is 1. The first kappa shape index (κ1) is 21.9. The zero-order valence-corrected chi connectivity index (χ0v) is 18.9. The largest absolute Gasteiger partial charge is 0.507 e. The number of rotatable bonds is 6. The van der Waals surface area contributed by atoms with Gasteiger partial charge in [0.05, 0.1) is 32.4 Å². The minimum atomic E-state index is -0.874. The van der Waals surface area contributed by atoms with Crippen LogP contribution in [0.1, 0.15) is 22.0 Å². The molecule has 1 saturated heterocycles. The number of amides is 1. The average Bonchev–Trinajstić information content (AvgIpc) is 3.40. The van der Waals surface area contributed by atoms with Crippen LogP contribution in [0.2, 0.25) is 5.02 Å². The molecule has 32 heavy (non-hydrogen) atoms. The van der Waals surface area contributed by atoms with E-state index in [-0.39, 0.29) is 17.9 Å². The van der Waals surface area contributed by atoms with Crippen molar-refractivity contribution in [2.75, 3.05) is 14.2 Å². The second-order valence-corrected chi connectivity index (χ2v) is 8.57. The molecule has 8 heteroatoms. The van der Waals surface area contributed by atoms with Crippen LogP contribution in [-0.2, 0) is 16.1 Å². The Hall–Kier alpha value is -3.29. The Morgan fingerprint density at radius 1 is 1.09 bits per heavy atom. The van der Waals surface area contributed by atoms with Gasteiger partial charge < -0.3 is 19.5 Å². The fraction of sp³-hybridized carbons (Fsp3) is 0.167. The molecule has 2 aromatic carbocycles. The number of hydrogen-bond acceptors (Lipinski definition) is 6. The Labute approximate surface area is 194 Å². The van der Waals surface area contributed by atoms with Gasteiger partial charge in [-0.2, -0.15) is 0 Å². The Kier molecular flexibility index (Phi) is 6.21. The second kappa shape index (κ2) is 9.06. The standard InChI is InChI=1S/C24H20ClNO5S/c1-30-18-10-4-9-17(23(18)31-2)20-19(21(27)14-6-3-7-15(25)12-14)22(28)24(29)26(20)13-16-8-5-11-32-16/h3-12,20,27H,13H2,1-2H3/b21-19+. The number of carbonyl (C=O) groups excluding carboxylic acids is 2. The molecule has 6 nitrogen and oxygen atoms in total. The fourth-order valence-corrected chi connectivity index (χ4v) is 4.75. The Morgan fingerprint density at radius 2 is 1.88 bits per heavy atom. The van der Waals surface area contributed by atoms with Gasteiger partial charge in [-0.25, -0.2) is 0 Å². The molecule has 1 amide bonds. The first-order chi connectivity index (χ1) is 15.5. The molecule has 1 atom stereocenters. The number of aliphatic hydroxyl groups is 1. The molecule has 1 fully saturated rings. The number of para-hydroxylation sites is 1. The molecule has 0 radical (unpaired) electrons. The van der Waals surface area contributed by atoms with Crippen LogP contribution < -0.4 is 9.47 Å². The number of Topliss-reactive ketones (excluding diaryl/α,β-unsaturated/α-hetero) is 1. The number of ether oxygens (including phenoxy) is 2. The van der Waals surface area contributed by atoms with Crippen LogP contribution in [0.4, 0.5) is 0 Å². The molecular formula is C24H20ClNO5S. The van der Waals surface area contributed by atoms with Gasteiger partial charge in [0.15, 0.2) is 11.5 Å². The summed E-state index contributed by atoms with van der Waals surface area (Å²) in [6.45, 7) is 0.208. The SMILES string of the molecule is COc1cccc(C2/C(=C(\O)c3cccc(Cl)c3)C(=O)C(=O)N2Cc2cccs2)c1OC. The summed E-state index contributed by atoms with van der Waals surface area (Å²) < 4.78 is 11.0. The molecule has 1 aliphatic heterocycles. The van der Waals surface area contributed by atoms with Crippen molar-refractivity contribution in [3.8, 4) is 11.5 Å². The second-order valence-electron chi connectivity index (χ2n) is 7.10. The van der Waals surface area contributed by atoms with Crippen molar-refractivity contribution >= 4 is 40.4 Å². The van der Waals surface area contributed by atoms with E-state index < -0.39 is 17.7 Å². The highest BCUT2D eigenvalue weighted by atomic mass is 35.5. The van der Waals surface area contributed by atoms with Crippen molar-refractivity contribution in [2.24, 2.45) is 0 Å². The fourth-order valence-electron chi connectivity index (χ4n) is 3.86. The van der Waals surface area contributed by atoms with Crippen LogP contribution in [0.3, 0.4) is 0 Å². The number of methoxy groups -OCH3 is 2. The topological polar surface area (TPSA) is 76.1 Å². The van der Waals surface area contributed by atoms with E-state index in [1.165, 1.54) is 30.5 Å². The van der Waals surface area contributed by atoms with E-state index in [0.29, 0.717) is 27.6 Å². The lowest BCUT2D eigenvalue weighted by Gasteiger charge is -2.26. The predicted molar refractivity (Wildman–Crippen MR) is 123 cm³/mol. The van der Waals surface area contributed by atoms with E-state index in [1.54, 1.807) is 42.5 Å². The van der Waals surface area contributed by atoms with E-state index >= 15 is 0 Å². The summed E-state index contributed by atoms with van der Waals surface area (Å²) in [6, 6.07) is 14.6. The highest BCUT2D eigenvalue weighted by Gasteiger charge is 2.47. The number of ketones is 1. The molecule has 0 bridgehead atoms. The Balaban J connectivity index is 1.95. The highest BCUT2D eigenvalue weighted by Crippen LogP contribution is 2.46. The minimum Gasteiger partial charge on any atom is -0.507 e. The van der Waals surface area contributed by atoms with Crippen LogP contribution in [0.25, 0.3) is 5.76 Å². The lowest BCUT2D eigenvalue weighted by molar-refractivity contribution is -0.140. The molecule has 1 unspecified atom stereocenters. The maximum Gasteiger partial charge on any atom is 0.295 e. The van der Waals surface area contributed by atoms with Gasteiger partial charge in [-0.15, -0.1) is 11.3 Å². The van der Waals surface area contributed by atoms with Crippen molar-refractivity contribution in [3.05, 3.63) is 86.6 Å². The molecular weight excluding hydrogens is 450 g/mol. The summed E-state index contributed by atoms with van der Waals surface area (Å²) in [4.78, 5) is 28.6. The predicted octanol–water partition coefficient (Wildman–Crippen LogP) is 5.04. The number of hydrogen-bond donors (Lipinski definition) is 1. The number of halogens is 1. The molecule has 0 saturated carbocycles. The minimum absolute atomic E-state index is 0.0274. The Bertz CT molecular complexity index is 1200. The van der Waals surface area contributed by atoms with E-state index in [1.807, 2.05) is 17.5 Å². The van der Waals surface area contributed by atoms with E-state index in [4.69, 9.17) is 21.1 Å². The average molecular weight is 470 g/mol. The van der Waals surface area contributed by atoms with E-state index in [0.717, 1.165) is 4.88 Å². The molecule has 0 spiro atoms. The van der Waals surface area contributed by atoms with Gasteiger partial charge in [0.1, 0.15) is 5.76 Å². The summed E-state index contributed by atoms with van der Waals surface area (Å²) in [5, 5.41) is 13.5. The zero-order chi connectivity index (χ0) is 22.8. The molecule has 0 aliphatic carbocycles. The van der Waals surface area contributed by atoms with Gasteiger partial charge in [-0.05, 0) is 29.6 Å². The third kappa shape index (κ3) is 3.85. The molecule has 2 heterocycles. The van der Waals surface area contributed by atoms with Crippen molar-refractivity contribution in [1.82, 2.24) is 4.90 Å². The zero-order valence-electron chi connectivity index (χ0n) is 17.4. The van der Waals surface area contributed by atoms with Gasteiger partial charge in [0.25, 0.3) is 11.7 Å². The highest BCUT2D eigenvalue weighted by molar-refractivity contribution is 7.09. The lowest BCUT2D eigenvalue weighted by Crippen LogP contribution is -2.29. The number of benzene rings is 2. The molecule has 1 aliphatic rings. The summed E-state index contributed by atoms with van der Waals surface area (Å²) in [6.07, 6.45) is 0. The number of carbonyl (C=O) groups is 2. The summed E-state index contributed by atoms with van der Waals surface area (Å²) in [5.41, 5.74) is 0.852. The van der Waals surface area contributed by atoms with Crippen LogP contribution in [-0.4, -0.2) is 35.9 Å². The maximum absolute atomic E-state index is 13.2. The monoisotopic (exact) mass is 469 g/mol. The maximum atomic E-state index is 13.2. The first-order valence-corrected chi connectivity index (χ1v) is 11.0. The third-order valence-corrected chi connectivity index (χ3v) is 6.37. The Morgan fingerprint density at radius 3 is 2.53 bits per heavy atom. The smallest absolute Gasteiger partial charge is 0.295 e. The summed E-state index contributed by atoms with van der Waals surface area (Å²) in [7, 11) is 3.00. The third-order valence-electron chi connectivity index (χ3n) is 5.27. The first-order valence-electron chi connectivity index (χ1n) is 9.74. The van der Waals surface area contributed by atoms with Crippen molar-refractivity contribution in [2.45, 2.75) is 12.6 Å². The van der Waals surface area contributed by atoms with Gasteiger partial charge in [0.2, 0.25) is 0 Å². The van der Waals surface area contributed by atoms with Crippen LogP contribution >= 0.6 is 22.9 Å². The molecule has 164 valence electrons. The molecule has 1 aromatic heterocycles. The molecule has 1 N–H and O–H groups in total. The van der Waals surface area contributed by atoms with Crippen molar-refractivity contribution < 1.29 is 24.2 Å². The number of aliphatic hydroxyl groups excluding tert-OH is 1. The van der Waals surface area contributed by atoms with Gasteiger partial charge >= 0.3 is 0 Å². The van der Waals surface area contributed by atoms with E-state index in [9.17, 15) is 14.7 Å². The van der Waals surface area contributed by atoms with Crippen LogP contribution in [0.15, 0.2) is 65.6 Å². The van der Waals surface area contributed by atoms with E-state index in [2.05, 4.69) is 0 Å². The molecule has 4 rings (SSSR count). The quantitative estimate of drug-likeness (QED) is 0.311. The lowest BCUT2D eigenvalue weighted by atomic mass is 9.94. The van der Waals surface area contributed by atoms with Crippen LogP contribution in [0.5, 0.6) is 11.5 Å². The van der Waals surface area contributed by atoms with Crippen LogP contribution in [0, 0.1) is 0 Å². The number of nitrogens with zero attached hydrogens (tertiary/aromatic N) is 1. The summed E-state index contributed by atoms with van der Waals surface area (Å²) in [5.74, 6) is -0.926. The summed E-state index contributed by atoms with van der Waals surface area (Å²) >= 11 is 7.57. The van der Waals surface area contributed by atoms with Crippen molar-refractivity contribution in [1.29, 1.82) is 0 Å². The normalized spacial score (nSPS) is 17.6. The van der Waals surface area contributed by atoms with Crippen molar-refractivity contribution in [3.63, 3.8) is 0 Å². The molecule has 3 aromatic rings. The van der Waals surface area contributed by atoms with Gasteiger partial charge in [-0.3, -0.25) is 9.59 Å². The van der Waals surface area contributed by atoms with Gasteiger partial charge in [-0.1, -0.05) is 41.9 Å². The van der Waals surface area contributed by atoms with Gasteiger partial charge in [0, 0.05) is 21.0 Å².